The van der Waals surface area contributed by atoms with E-state index in [9.17, 15) is 13.2 Å². The number of alkyl halides is 3. The largest absolute Gasteiger partial charge is 0.491 e. The fraction of sp³-hybridized carbons (Fsp3) is 0.500. The number of hydrogen-bond donors (Lipinski definition) is 2. The van der Waals surface area contributed by atoms with Crippen molar-refractivity contribution in [3.05, 3.63) is 46.8 Å². The molecule has 0 radical (unpaired) electrons. The van der Waals surface area contributed by atoms with Gasteiger partial charge in [-0.05, 0) is 67.8 Å². The first-order valence-electron chi connectivity index (χ1n) is 14.6. The maximum absolute atomic E-state index is 13.7. The molecule has 2 aliphatic heterocycles. The van der Waals surface area contributed by atoms with Crippen LogP contribution in [0.1, 0.15) is 23.3 Å². The lowest BCUT2D eigenvalue weighted by Gasteiger charge is -2.38. The summed E-state index contributed by atoms with van der Waals surface area (Å²) >= 11 is 2.93. The topological polar surface area (TPSA) is 55.0 Å². The summed E-state index contributed by atoms with van der Waals surface area (Å²) in [5, 5.41) is 7.61. The van der Waals surface area contributed by atoms with E-state index in [-0.39, 0.29) is 18.2 Å². The quantitative estimate of drug-likeness (QED) is 0.240. The van der Waals surface area contributed by atoms with Crippen LogP contribution in [0.25, 0.3) is 10.1 Å². The van der Waals surface area contributed by atoms with E-state index in [1.807, 2.05) is 36.6 Å². The Morgan fingerprint density at radius 1 is 1.07 bits per heavy atom. The second-order valence-electron chi connectivity index (χ2n) is 10.9. The maximum Gasteiger partial charge on any atom is 0.393 e. The first-order chi connectivity index (χ1) is 20.8. The van der Waals surface area contributed by atoms with Crippen LogP contribution in [0, 0.1) is 17.8 Å². The number of fused-ring (bicyclic) bond motifs is 4. The van der Waals surface area contributed by atoms with E-state index in [4.69, 9.17) is 14.2 Å². The minimum Gasteiger partial charge on any atom is -0.491 e. The zero-order valence-electron chi connectivity index (χ0n) is 24.5. The highest BCUT2D eigenvalue weighted by Crippen LogP contribution is 2.40. The van der Waals surface area contributed by atoms with Gasteiger partial charge in [0.25, 0.3) is 0 Å². The summed E-state index contributed by atoms with van der Waals surface area (Å²) in [6.07, 6.45) is -1.54. The van der Waals surface area contributed by atoms with Gasteiger partial charge in [-0.2, -0.15) is 13.2 Å². The van der Waals surface area contributed by atoms with Gasteiger partial charge in [0.1, 0.15) is 12.4 Å². The summed E-state index contributed by atoms with van der Waals surface area (Å²) in [5.41, 5.74) is 1.94. The van der Waals surface area contributed by atoms with Gasteiger partial charge in [-0.25, -0.2) is 0 Å². The van der Waals surface area contributed by atoms with Crippen molar-refractivity contribution in [3.8, 4) is 17.6 Å². The molecule has 0 amide bonds. The third kappa shape index (κ3) is 8.96. The standard InChI is InChI=1S/C32H38F3N3O3S2/c1-38-11-8-28-22(21-38)9-12-39-13-14-40-15-16-41-24-17-23(18-25(19-24)42-2)36-10-4-7-30-27(20-32(33,34)35)26-5-3-6-29(37-28)31(26)43-30/h3,5-6,17-19,22,28,36-37H,8-16,20-21H2,1-2H3. The van der Waals surface area contributed by atoms with Crippen molar-refractivity contribution in [3.63, 3.8) is 0 Å². The second-order valence-corrected chi connectivity index (χ2v) is 12.8. The molecule has 11 heteroatoms. The number of benzene rings is 2. The normalized spacial score (nSPS) is 21.1. The minimum atomic E-state index is -4.34. The van der Waals surface area contributed by atoms with Crippen LogP contribution in [0.15, 0.2) is 41.3 Å². The summed E-state index contributed by atoms with van der Waals surface area (Å²) in [7, 11) is 2.12. The Kier molecular flexibility index (Phi) is 11.0. The lowest BCUT2D eigenvalue weighted by molar-refractivity contribution is -0.126. The van der Waals surface area contributed by atoms with Crippen LogP contribution in [-0.4, -0.2) is 83.1 Å². The summed E-state index contributed by atoms with van der Waals surface area (Å²) in [6.45, 7) is 4.65. The van der Waals surface area contributed by atoms with Gasteiger partial charge in [-0.15, -0.1) is 23.1 Å². The molecule has 1 fully saturated rings. The molecule has 43 heavy (non-hydrogen) atoms. The Bertz CT molecular complexity index is 1440. The molecule has 2 aromatic carbocycles. The van der Waals surface area contributed by atoms with Gasteiger partial charge >= 0.3 is 6.18 Å². The Balaban J connectivity index is 1.46. The van der Waals surface area contributed by atoms with E-state index >= 15 is 0 Å². The van der Waals surface area contributed by atoms with Gasteiger partial charge in [-0.3, -0.25) is 0 Å². The van der Waals surface area contributed by atoms with Crippen molar-refractivity contribution in [2.75, 3.05) is 76.6 Å². The van der Waals surface area contributed by atoms with Crippen LogP contribution in [0.2, 0.25) is 0 Å². The molecular weight excluding hydrogens is 595 g/mol. The van der Waals surface area contributed by atoms with Crippen LogP contribution in [0.4, 0.5) is 24.5 Å². The van der Waals surface area contributed by atoms with Crippen molar-refractivity contribution < 1.29 is 27.4 Å². The van der Waals surface area contributed by atoms with Crippen LogP contribution in [0.5, 0.6) is 5.75 Å². The average Bonchev–Trinajstić information content (AvgIpc) is 3.31. The molecule has 4 bridgehead atoms. The third-order valence-electron chi connectivity index (χ3n) is 7.67. The van der Waals surface area contributed by atoms with Gasteiger partial charge in [0, 0.05) is 35.8 Å². The number of likely N-dealkylation sites (tertiary alicyclic amines) is 1. The predicted octanol–water partition coefficient (Wildman–Crippen LogP) is 6.74. The van der Waals surface area contributed by atoms with E-state index in [1.54, 1.807) is 17.8 Å². The minimum absolute atomic E-state index is 0.188. The van der Waals surface area contributed by atoms with E-state index < -0.39 is 12.6 Å². The molecule has 2 aliphatic rings. The Morgan fingerprint density at radius 3 is 2.70 bits per heavy atom. The van der Waals surface area contributed by atoms with Crippen molar-refractivity contribution in [1.82, 2.24) is 4.90 Å². The third-order valence-corrected chi connectivity index (χ3v) is 9.58. The second kappa shape index (κ2) is 14.9. The van der Waals surface area contributed by atoms with Gasteiger partial charge in [-0.1, -0.05) is 24.0 Å². The molecule has 2 unspecified atom stereocenters. The fourth-order valence-corrected chi connectivity index (χ4v) is 7.23. The van der Waals surface area contributed by atoms with E-state index in [0.717, 1.165) is 46.9 Å². The number of nitrogens with one attached hydrogen (secondary N) is 2. The average molecular weight is 634 g/mol. The van der Waals surface area contributed by atoms with E-state index in [2.05, 4.69) is 34.4 Å². The molecule has 3 aromatic rings. The number of piperidine rings is 1. The molecule has 1 saturated heterocycles. The lowest BCUT2D eigenvalue weighted by Crippen LogP contribution is -2.45. The predicted molar refractivity (Wildman–Crippen MR) is 170 cm³/mol. The molecule has 0 saturated carbocycles. The number of ether oxygens (including phenoxy) is 3. The van der Waals surface area contributed by atoms with Crippen LogP contribution in [0.3, 0.4) is 0 Å². The Morgan fingerprint density at radius 2 is 1.88 bits per heavy atom. The van der Waals surface area contributed by atoms with Gasteiger partial charge in [0.2, 0.25) is 0 Å². The number of nitrogens with zero attached hydrogens (tertiary/aromatic N) is 1. The highest BCUT2D eigenvalue weighted by atomic mass is 32.2. The first kappa shape index (κ1) is 31.8. The summed E-state index contributed by atoms with van der Waals surface area (Å²) in [4.78, 5) is 3.80. The molecular formula is C32H38F3N3O3S2. The number of halogens is 3. The number of thioether (sulfide) groups is 1. The number of anilines is 2. The molecule has 2 atom stereocenters. The van der Waals surface area contributed by atoms with Crippen molar-refractivity contribution in [1.29, 1.82) is 0 Å². The summed E-state index contributed by atoms with van der Waals surface area (Å²) in [6, 6.07) is 11.6. The SMILES string of the molecule is CSc1cc2cc(c1)OCCOCCOCCC1CN(C)CCC1Nc1cccc3c(CC(F)(F)F)c(sc13)C#CCN2. The van der Waals surface area contributed by atoms with Gasteiger partial charge in [0.15, 0.2) is 0 Å². The molecule has 3 heterocycles. The zero-order chi connectivity index (χ0) is 30.2. The van der Waals surface area contributed by atoms with Crippen molar-refractivity contribution in [2.24, 2.45) is 5.92 Å². The zero-order valence-corrected chi connectivity index (χ0v) is 26.2. The van der Waals surface area contributed by atoms with Gasteiger partial charge < -0.3 is 29.7 Å². The molecule has 6 nitrogen and oxygen atoms in total. The number of hydrogen-bond acceptors (Lipinski definition) is 8. The summed E-state index contributed by atoms with van der Waals surface area (Å²) in [5.74, 6) is 7.18. The van der Waals surface area contributed by atoms with E-state index in [0.29, 0.717) is 55.0 Å². The Hall–Kier alpha value is -2.62. The molecule has 5 rings (SSSR count). The number of thiophene rings is 1. The maximum atomic E-state index is 13.7. The lowest BCUT2D eigenvalue weighted by atomic mass is 9.89. The highest BCUT2D eigenvalue weighted by molar-refractivity contribution is 7.98. The smallest absolute Gasteiger partial charge is 0.393 e. The van der Waals surface area contributed by atoms with Gasteiger partial charge in [0.05, 0.1) is 48.1 Å². The fourth-order valence-electron chi connectivity index (χ4n) is 5.58. The van der Waals surface area contributed by atoms with Crippen LogP contribution >= 0.6 is 23.1 Å². The highest BCUT2D eigenvalue weighted by Gasteiger charge is 2.32. The van der Waals surface area contributed by atoms with Crippen LogP contribution in [-0.2, 0) is 15.9 Å². The molecule has 2 N–H and O–H groups in total. The van der Waals surface area contributed by atoms with Crippen molar-refractivity contribution in [2.45, 2.75) is 36.4 Å². The first-order valence-corrected chi connectivity index (χ1v) is 16.6. The van der Waals surface area contributed by atoms with Crippen molar-refractivity contribution >= 4 is 44.6 Å². The molecule has 232 valence electrons. The molecule has 1 aromatic heterocycles. The van der Waals surface area contributed by atoms with E-state index in [1.165, 1.54) is 11.3 Å². The Labute approximate surface area is 259 Å². The monoisotopic (exact) mass is 633 g/mol. The molecule has 0 spiro atoms. The number of rotatable bonds is 2. The van der Waals surface area contributed by atoms with Crippen LogP contribution < -0.4 is 15.4 Å². The molecule has 0 aliphatic carbocycles. The summed E-state index contributed by atoms with van der Waals surface area (Å²) < 4.78 is 59.6.